The monoisotopic (exact) mass is 362 g/mol. The summed E-state index contributed by atoms with van der Waals surface area (Å²) in [6.07, 6.45) is 10.4. The van der Waals surface area contributed by atoms with E-state index in [0.29, 0.717) is 12.4 Å². The van der Waals surface area contributed by atoms with E-state index in [1.165, 1.54) is 0 Å². The van der Waals surface area contributed by atoms with Crippen molar-refractivity contribution >= 4 is 28.4 Å². The summed E-state index contributed by atoms with van der Waals surface area (Å²) in [5, 5.41) is 0. The molecule has 0 bridgehead atoms. The Morgan fingerprint density at radius 3 is 2.89 bits per heavy atom. The van der Waals surface area contributed by atoms with Crippen LogP contribution in [0.1, 0.15) is 39.5 Å². The van der Waals surface area contributed by atoms with Crippen LogP contribution in [-0.2, 0) is 9.53 Å². The van der Waals surface area contributed by atoms with Crippen LogP contribution in [0, 0.1) is 5.41 Å². The van der Waals surface area contributed by atoms with Gasteiger partial charge in [-0.05, 0) is 19.8 Å². The molecule has 0 aromatic carbocycles. The molecular weight excluding hydrogens is 339 g/mol. The van der Waals surface area contributed by atoms with E-state index in [0.717, 1.165) is 31.3 Å². The minimum absolute atomic E-state index is 0.0730. The summed E-state index contributed by atoms with van der Waals surface area (Å²) in [5.74, 6) is 0.295. The maximum Gasteiger partial charge on any atom is 0.161 e. The number of unbranched alkanes of at least 4 members (excludes halogenated alkanes) is 1. The average molecular weight is 362 g/mol. The van der Waals surface area contributed by atoms with Crippen LogP contribution in [0.3, 0.4) is 0 Å². The predicted molar refractivity (Wildman–Crippen MR) is 84.2 cm³/mol. The van der Waals surface area contributed by atoms with E-state index >= 15 is 0 Å². The fourth-order valence-electron chi connectivity index (χ4n) is 2.36. The zero-order valence-electron chi connectivity index (χ0n) is 11.5. The number of Topliss-reactive ketones (excluding diaryl/α,β-unsaturated/α-hetero) is 1. The fourth-order valence-corrected chi connectivity index (χ4v) is 3.35. The highest BCUT2D eigenvalue weighted by molar-refractivity contribution is 14.1. The topological polar surface area (TPSA) is 26.3 Å². The molecule has 0 heterocycles. The standard InChI is InChI=1S/C15H23IO2/c1-4-5-9-13(16)14(17)15(11-18-3)10-7-6-8-12(15)2/h7-8,10,13H,4-6,9,11H2,1-3H3. The minimum Gasteiger partial charge on any atom is -0.383 e. The first-order chi connectivity index (χ1) is 8.58. The van der Waals surface area contributed by atoms with E-state index in [2.05, 4.69) is 41.7 Å². The largest absolute Gasteiger partial charge is 0.383 e. The van der Waals surface area contributed by atoms with Gasteiger partial charge in [0.25, 0.3) is 0 Å². The highest BCUT2D eigenvalue weighted by Crippen LogP contribution is 2.37. The van der Waals surface area contributed by atoms with E-state index in [9.17, 15) is 4.79 Å². The number of hydrogen-bond acceptors (Lipinski definition) is 2. The fraction of sp³-hybridized carbons (Fsp3) is 0.667. The van der Waals surface area contributed by atoms with Gasteiger partial charge in [0.05, 0.1) is 15.9 Å². The van der Waals surface area contributed by atoms with E-state index < -0.39 is 5.41 Å². The molecule has 1 aliphatic rings. The van der Waals surface area contributed by atoms with Crippen LogP contribution in [0.4, 0.5) is 0 Å². The smallest absolute Gasteiger partial charge is 0.161 e. The molecule has 0 radical (unpaired) electrons. The van der Waals surface area contributed by atoms with Crippen molar-refractivity contribution in [3.63, 3.8) is 0 Å². The van der Waals surface area contributed by atoms with Gasteiger partial charge in [0, 0.05) is 7.11 Å². The van der Waals surface area contributed by atoms with Gasteiger partial charge in [-0.25, -0.2) is 0 Å². The van der Waals surface area contributed by atoms with Crippen molar-refractivity contribution in [1.29, 1.82) is 0 Å². The third-order valence-electron chi connectivity index (χ3n) is 3.57. The Hall–Kier alpha value is -0.160. The van der Waals surface area contributed by atoms with Crippen molar-refractivity contribution in [2.24, 2.45) is 5.41 Å². The Morgan fingerprint density at radius 2 is 2.33 bits per heavy atom. The van der Waals surface area contributed by atoms with Crippen molar-refractivity contribution in [3.05, 3.63) is 23.8 Å². The second-order valence-electron chi connectivity index (χ2n) is 4.90. The van der Waals surface area contributed by atoms with E-state index in [-0.39, 0.29) is 3.92 Å². The molecule has 0 aromatic rings. The van der Waals surface area contributed by atoms with Gasteiger partial charge < -0.3 is 4.74 Å². The lowest BCUT2D eigenvalue weighted by molar-refractivity contribution is -0.126. The summed E-state index contributed by atoms with van der Waals surface area (Å²) >= 11 is 2.29. The van der Waals surface area contributed by atoms with Gasteiger partial charge in [0.2, 0.25) is 0 Å². The summed E-state index contributed by atoms with van der Waals surface area (Å²) in [7, 11) is 1.67. The summed E-state index contributed by atoms with van der Waals surface area (Å²) in [4.78, 5) is 12.7. The molecule has 3 heteroatoms. The maximum atomic E-state index is 12.7. The van der Waals surface area contributed by atoms with Gasteiger partial charge in [0.15, 0.2) is 5.78 Å². The molecule has 1 aliphatic carbocycles. The number of rotatable bonds is 7. The lowest BCUT2D eigenvalue weighted by Crippen LogP contribution is -2.40. The normalized spacial score (nSPS) is 24.8. The van der Waals surface area contributed by atoms with Crippen molar-refractivity contribution in [2.75, 3.05) is 13.7 Å². The first kappa shape index (κ1) is 15.9. The minimum atomic E-state index is -0.521. The molecule has 0 amide bonds. The average Bonchev–Trinajstić information content (AvgIpc) is 2.38. The van der Waals surface area contributed by atoms with E-state index in [4.69, 9.17) is 4.74 Å². The molecule has 102 valence electrons. The highest BCUT2D eigenvalue weighted by Gasteiger charge is 2.41. The number of allylic oxidation sites excluding steroid dienone is 2. The van der Waals surface area contributed by atoms with E-state index in [1.807, 2.05) is 13.0 Å². The van der Waals surface area contributed by atoms with Crippen LogP contribution < -0.4 is 0 Å². The number of carbonyl (C=O) groups is 1. The summed E-state index contributed by atoms with van der Waals surface area (Å²) in [6.45, 7) is 4.66. The Kier molecular flexibility index (Phi) is 6.57. The number of methoxy groups -OCH3 is 1. The van der Waals surface area contributed by atoms with Crippen LogP contribution in [0.25, 0.3) is 0 Å². The molecule has 2 unspecified atom stereocenters. The van der Waals surface area contributed by atoms with Crippen molar-refractivity contribution in [2.45, 2.75) is 43.5 Å². The van der Waals surface area contributed by atoms with Gasteiger partial charge >= 0.3 is 0 Å². The summed E-state index contributed by atoms with van der Waals surface area (Å²) in [5.41, 5.74) is 0.613. The SMILES string of the molecule is CCCCC(I)C(=O)C1(COC)C=CCC=C1C. The number of halogens is 1. The Balaban J connectivity index is 2.90. The first-order valence-corrected chi connectivity index (χ1v) is 7.85. The second-order valence-corrected chi connectivity index (χ2v) is 6.41. The molecular formula is C15H23IO2. The number of carbonyl (C=O) groups excluding carboxylic acids is 1. The summed E-state index contributed by atoms with van der Waals surface area (Å²) < 4.78 is 5.39. The van der Waals surface area contributed by atoms with Crippen LogP contribution in [-0.4, -0.2) is 23.4 Å². The molecule has 0 N–H and O–H groups in total. The molecule has 0 aromatic heterocycles. The third kappa shape index (κ3) is 3.44. The van der Waals surface area contributed by atoms with Crippen LogP contribution in [0.15, 0.2) is 23.8 Å². The van der Waals surface area contributed by atoms with Crippen molar-refractivity contribution < 1.29 is 9.53 Å². The molecule has 1 rings (SSSR count). The van der Waals surface area contributed by atoms with Gasteiger partial charge in [-0.15, -0.1) is 0 Å². The van der Waals surface area contributed by atoms with Gasteiger partial charge in [-0.3, -0.25) is 4.79 Å². The van der Waals surface area contributed by atoms with Gasteiger partial charge in [-0.1, -0.05) is 66.2 Å². The quantitative estimate of drug-likeness (QED) is 0.387. The molecule has 0 aliphatic heterocycles. The Bertz CT molecular complexity index is 346. The zero-order valence-corrected chi connectivity index (χ0v) is 13.7. The van der Waals surface area contributed by atoms with E-state index in [1.54, 1.807) is 7.11 Å². The Morgan fingerprint density at radius 1 is 1.61 bits per heavy atom. The maximum absolute atomic E-state index is 12.7. The first-order valence-electron chi connectivity index (χ1n) is 6.60. The van der Waals surface area contributed by atoms with Crippen molar-refractivity contribution in [1.82, 2.24) is 0 Å². The predicted octanol–water partition coefficient (Wildman–Crippen LogP) is 4.09. The second kappa shape index (κ2) is 7.43. The number of ether oxygens (including phenoxy) is 1. The lowest BCUT2D eigenvalue weighted by atomic mass is 9.73. The molecule has 0 fully saturated rings. The highest BCUT2D eigenvalue weighted by atomic mass is 127. The number of hydrogen-bond donors (Lipinski definition) is 0. The molecule has 18 heavy (non-hydrogen) atoms. The van der Waals surface area contributed by atoms with Crippen LogP contribution in [0.5, 0.6) is 0 Å². The lowest BCUT2D eigenvalue weighted by Gasteiger charge is -2.33. The number of alkyl halides is 1. The summed E-state index contributed by atoms with van der Waals surface area (Å²) in [6, 6.07) is 0. The van der Waals surface area contributed by atoms with Crippen LogP contribution in [0.2, 0.25) is 0 Å². The van der Waals surface area contributed by atoms with Crippen LogP contribution >= 0.6 is 22.6 Å². The molecule has 2 atom stereocenters. The van der Waals surface area contributed by atoms with Gasteiger partial charge in [-0.2, -0.15) is 0 Å². The third-order valence-corrected chi connectivity index (χ3v) is 4.76. The molecule has 2 nitrogen and oxygen atoms in total. The molecule has 0 spiro atoms. The number of ketones is 1. The zero-order chi connectivity index (χ0) is 13.6. The Labute approximate surface area is 124 Å². The molecule has 0 saturated heterocycles. The molecule has 0 saturated carbocycles. The van der Waals surface area contributed by atoms with Gasteiger partial charge in [0.1, 0.15) is 0 Å². The van der Waals surface area contributed by atoms with Crippen molar-refractivity contribution in [3.8, 4) is 0 Å².